The number of pyridine rings is 1. The predicted octanol–water partition coefficient (Wildman–Crippen LogP) is 6.16. The number of carboxylic acid groups (broad SMARTS) is 1. The number of allylic oxidation sites excluding steroid dienone is 1. The van der Waals surface area contributed by atoms with Gasteiger partial charge in [-0.25, -0.2) is 9.78 Å². The normalized spacial score (nSPS) is 11.7. The van der Waals surface area contributed by atoms with E-state index < -0.39 is 17.5 Å². The minimum atomic E-state index is -3.06. The Morgan fingerprint density at radius 1 is 1.06 bits per heavy atom. The molecule has 0 bridgehead atoms. The number of anilines is 1. The monoisotopic (exact) mass is 480 g/mol. The molecule has 0 aliphatic carbocycles. The summed E-state index contributed by atoms with van der Waals surface area (Å²) in [5, 5.41) is 9.24. The van der Waals surface area contributed by atoms with E-state index in [4.69, 9.17) is 4.74 Å². The van der Waals surface area contributed by atoms with Crippen LogP contribution in [0.4, 0.5) is 14.6 Å². The first-order valence-electron chi connectivity index (χ1n) is 11.3. The third-order valence-corrected chi connectivity index (χ3v) is 5.67. The molecule has 3 aromatic rings. The molecule has 0 saturated carbocycles. The van der Waals surface area contributed by atoms with E-state index in [2.05, 4.69) is 16.5 Å². The van der Waals surface area contributed by atoms with Gasteiger partial charge in [-0.3, -0.25) is 0 Å². The van der Waals surface area contributed by atoms with Gasteiger partial charge in [0.1, 0.15) is 11.6 Å². The maximum atomic E-state index is 13.9. The summed E-state index contributed by atoms with van der Waals surface area (Å²) in [6.45, 7) is 9.32. The van der Waals surface area contributed by atoms with Crippen molar-refractivity contribution < 1.29 is 23.4 Å². The Labute approximate surface area is 204 Å². The minimum Gasteiger partial charge on any atom is -0.478 e. The SMILES string of the molecule is C=CC(F)(F)c1ccc(CN(CCc2ccc(OC(C)(C)C(=O)O)cc2)c2ccc(C)cn2)cc1. The van der Waals surface area contributed by atoms with Gasteiger partial charge in [0.15, 0.2) is 5.60 Å². The summed E-state index contributed by atoms with van der Waals surface area (Å²) < 4.78 is 33.3. The quantitative estimate of drug-likeness (QED) is 0.333. The van der Waals surface area contributed by atoms with Crippen LogP contribution in [-0.2, 0) is 23.7 Å². The van der Waals surface area contributed by atoms with Gasteiger partial charge in [0, 0.05) is 24.8 Å². The zero-order valence-electron chi connectivity index (χ0n) is 20.2. The summed E-state index contributed by atoms with van der Waals surface area (Å²) in [6.07, 6.45) is 3.14. The third-order valence-electron chi connectivity index (χ3n) is 5.67. The first kappa shape index (κ1) is 25.9. The van der Waals surface area contributed by atoms with Crippen LogP contribution < -0.4 is 9.64 Å². The number of aryl methyl sites for hydroxylation is 1. The third kappa shape index (κ3) is 6.88. The molecule has 1 aromatic heterocycles. The number of aromatic nitrogens is 1. The molecule has 0 radical (unpaired) electrons. The molecule has 2 aromatic carbocycles. The molecule has 1 N–H and O–H groups in total. The number of carboxylic acids is 1. The van der Waals surface area contributed by atoms with Crippen LogP contribution in [0.25, 0.3) is 0 Å². The number of nitrogens with zero attached hydrogens (tertiary/aromatic N) is 2. The van der Waals surface area contributed by atoms with Gasteiger partial charge >= 0.3 is 5.97 Å². The molecule has 0 saturated heterocycles. The Balaban J connectivity index is 1.73. The number of hydrogen-bond acceptors (Lipinski definition) is 4. The summed E-state index contributed by atoms with van der Waals surface area (Å²) in [5.41, 5.74) is 1.56. The molecule has 184 valence electrons. The van der Waals surface area contributed by atoms with E-state index in [1.54, 1.807) is 30.5 Å². The molecule has 0 aliphatic heterocycles. The summed E-state index contributed by atoms with van der Waals surface area (Å²) >= 11 is 0. The van der Waals surface area contributed by atoms with E-state index in [1.807, 2.05) is 31.2 Å². The lowest BCUT2D eigenvalue weighted by Crippen LogP contribution is -2.37. The number of ether oxygens (including phenoxy) is 1. The van der Waals surface area contributed by atoms with Crippen LogP contribution in [0.15, 0.2) is 79.5 Å². The first-order valence-corrected chi connectivity index (χ1v) is 11.3. The van der Waals surface area contributed by atoms with Gasteiger partial charge in [-0.1, -0.05) is 49.0 Å². The maximum absolute atomic E-state index is 13.9. The molecule has 0 aliphatic rings. The second kappa shape index (κ2) is 10.7. The van der Waals surface area contributed by atoms with Crippen LogP contribution in [-0.4, -0.2) is 28.2 Å². The van der Waals surface area contributed by atoms with Crippen molar-refractivity contribution in [2.75, 3.05) is 11.4 Å². The van der Waals surface area contributed by atoms with Crippen LogP contribution in [0.2, 0.25) is 0 Å². The van der Waals surface area contributed by atoms with Crippen molar-refractivity contribution in [3.05, 3.63) is 102 Å². The summed E-state index contributed by atoms with van der Waals surface area (Å²) in [4.78, 5) is 17.9. The van der Waals surface area contributed by atoms with Crippen LogP contribution in [0, 0.1) is 6.92 Å². The molecular weight excluding hydrogens is 450 g/mol. The number of halogens is 2. The molecule has 5 nitrogen and oxygen atoms in total. The van der Waals surface area contributed by atoms with Gasteiger partial charge < -0.3 is 14.7 Å². The Kier molecular flexibility index (Phi) is 7.89. The van der Waals surface area contributed by atoms with Crippen LogP contribution >= 0.6 is 0 Å². The number of rotatable bonds is 11. The highest BCUT2D eigenvalue weighted by atomic mass is 19.3. The highest BCUT2D eigenvalue weighted by molar-refractivity contribution is 5.76. The van der Waals surface area contributed by atoms with E-state index in [-0.39, 0.29) is 5.56 Å². The van der Waals surface area contributed by atoms with Crippen LogP contribution in [0.5, 0.6) is 5.75 Å². The molecule has 0 unspecified atom stereocenters. The van der Waals surface area contributed by atoms with Crippen LogP contribution in [0.1, 0.15) is 36.1 Å². The van der Waals surface area contributed by atoms with Gasteiger partial charge in [0.25, 0.3) is 5.92 Å². The van der Waals surface area contributed by atoms with E-state index in [0.29, 0.717) is 31.3 Å². The Morgan fingerprint density at radius 3 is 2.23 bits per heavy atom. The fraction of sp³-hybridized carbons (Fsp3) is 0.286. The van der Waals surface area contributed by atoms with E-state index in [1.165, 1.54) is 26.0 Å². The number of alkyl halides is 2. The highest BCUT2D eigenvalue weighted by Gasteiger charge is 2.29. The fourth-order valence-electron chi connectivity index (χ4n) is 3.42. The largest absolute Gasteiger partial charge is 0.478 e. The average molecular weight is 481 g/mol. The van der Waals surface area contributed by atoms with E-state index in [9.17, 15) is 18.7 Å². The molecule has 3 rings (SSSR count). The molecular formula is C28H30F2N2O3. The second-order valence-corrected chi connectivity index (χ2v) is 8.95. The lowest BCUT2D eigenvalue weighted by atomic mass is 10.1. The highest BCUT2D eigenvalue weighted by Crippen LogP contribution is 2.29. The molecule has 35 heavy (non-hydrogen) atoms. The summed E-state index contributed by atoms with van der Waals surface area (Å²) in [7, 11) is 0. The van der Waals surface area contributed by atoms with Gasteiger partial charge in [-0.15, -0.1) is 0 Å². The van der Waals surface area contributed by atoms with Crippen molar-refractivity contribution in [2.45, 2.75) is 45.3 Å². The van der Waals surface area contributed by atoms with E-state index in [0.717, 1.165) is 22.5 Å². The van der Waals surface area contributed by atoms with Crippen LogP contribution in [0.3, 0.4) is 0 Å². The van der Waals surface area contributed by atoms with Crippen molar-refractivity contribution in [1.82, 2.24) is 4.98 Å². The first-order chi connectivity index (χ1) is 16.5. The van der Waals surface area contributed by atoms with Gasteiger partial charge in [-0.05, 0) is 68.2 Å². The zero-order valence-corrected chi connectivity index (χ0v) is 20.2. The number of hydrogen-bond donors (Lipinski definition) is 1. The topological polar surface area (TPSA) is 62.7 Å². The minimum absolute atomic E-state index is 0.0929. The van der Waals surface area contributed by atoms with Gasteiger partial charge in [0.2, 0.25) is 0 Å². The molecule has 0 spiro atoms. The maximum Gasteiger partial charge on any atom is 0.347 e. The molecule has 0 amide bonds. The van der Waals surface area contributed by atoms with Crippen molar-refractivity contribution in [1.29, 1.82) is 0 Å². The lowest BCUT2D eigenvalue weighted by Gasteiger charge is -2.25. The Morgan fingerprint density at radius 2 is 1.69 bits per heavy atom. The van der Waals surface area contributed by atoms with Crippen molar-refractivity contribution in [3.8, 4) is 5.75 Å². The van der Waals surface area contributed by atoms with Crippen molar-refractivity contribution in [2.24, 2.45) is 0 Å². The fourth-order valence-corrected chi connectivity index (χ4v) is 3.42. The Hall–Kier alpha value is -3.74. The lowest BCUT2D eigenvalue weighted by molar-refractivity contribution is -0.152. The van der Waals surface area contributed by atoms with Crippen molar-refractivity contribution in [3.63, 3.8) is 0 Å². The predicted molar refractivity (Wildman–Crippen MR) is 133 cm³/mol. The summed E-state index contributed by atoms with van der Waals surface area (Å²) in [5.74, 6) is -2.83. The standard InChI is InChI=1S/C28H30F2N2O3/c1-5-28(29,30)23-11-7-22(8-12-23)19-32(25-15-6-20(2)18-31-25)17-16-21-9-13-24(14-10-21)35-27(3,4)26(33)34/h5-15,18H,1,16-17,19H2,2-4H3,(H,33,34). The average Bonchev–Trinajstić information content (AvgIpc) is 2.83. The molecule has 1 heterocycles. The van der Waals surface area contributed by atoms with E-state index >= 15 is 0 Å². The molecule has 0 atom stereocenters. The number of carbonyl (C=O) groups is 1. The second-order valence-electron chi connectivity index (χ2n) is 8.95. The van der Waals surface area contributed by atoms with Gasteiger partial charge in [-0.2, -0.15) is 8.78 Å². The zero-order chi connectivity index (χ0) is 25.6. The van der Waals surface area contributed by atoms with Crippen molar-refractivity contribution >= 4 is 11.8 Å². The molecule has 0 fully saturated rings. The van der Waals surface area contributed by atoms with Gasteiger partial charge in [0.05, 0.1) is 0 Å². The summed E-state index contributed by atoms with van der Waals surface area (Å²) in [6, 6.07) is 17.5. The molecule has 7 heteroatoms. The number of aliphatic carboxylic acids is 1. The number of benzene rings is 2. The Bertz CT molecular complexity index is 1140. The smallest absolute Gasteiger partial charge is 0.347 e.